The lowest BCUT2D eigenvalue weighted by molar-refractivity contribution is -0.113. The molecule has 3 rings (SSSR count). The summed E-state index contributed by atoms with van der Waals surface area (Å²) >= 11 is 7.20. The molecule has 140 valence electrons. The summed E-state index contributed by atoms with van der Waals surface area (Å²) in [6, 6.07) is 9.25. The second kappa shape index (κ2) is 8.36. The highest BCUT2D eigenvalue weighted by Gasteiger charge is 2.14. The first-order valence-corrected chi connectivity index (χ1v) is 9.15. The normalized spacial score (nSPS) is 10.7. The second-order valence-corrected chi connectivity index (χ2v) is 6.84. The highest BCUT2D eigenvalue weighted by atomic mass is 35.5. The molecule has 0 radical (unpaired) electrons. The number of amides is 1. The number of aryl methyl sites for hydroxylation is 1. The summed E-state index contributed by atoms with van der Waals surface area (Å²) in [5.74, 6) is -0.148. The Hall–Kier alpha value is -2.65. The van der Waals surface area contributed by atoms with E-state index in [2.05, 4.69) is 20.8 Å². The number of tetrazole rings is 1. The fourth-order valence-corrected chi connectivity index (χ4v) is 3.13. The molecule has 1 heterocycles. The number of benzene rings is 2. The van der Waals surface area contributed by atoms with Gasteiger partial charge < -0.3 is 10.1 Å². The molecule has 7 nitrogen and oxygen atoms in total. The standard InChI is InChI=1S/C17H15ClFN5O2S/c1-10-6-14(15(26-2)8-13(10)18)20-16(25)9-27-17-21-22-23-24(17)12-5-3-4-11(19)7-12/h3-8H,9H2,1-2H3,(H,20,25). The lowest BCUT2D eigenvalue weighted by Gasteiger charge is -2.12. The molecule has 0 fully saturated rings. The smallest absolute Gasteiger partial charge is 0.234 e. The number of nitrogens with zero attached hydrogens (tertiary/aromatic N) is 4. The number of ether oxygens (including phenoxy) is 1. The highest BCUT2D eigenvalue weighted by Crippen LogP contribution is 2.31. The van der Waals surface area contributed by atoms with Gasteiger partial charge >= 0.3 is 0 Å². The molecule has 2 aromatic carbocycles. The van der Waals surface area contributed by atoms with Gasteiger partial charge in [0, 0.05) is 11.1 Å². The molecule has 0 aliphatic heterocycles. The van der Waals surface area contributed by atoms with Crippen molar-refractivity contribution in [3.63, 3.8) is 0 Å². The molecule has 0 aliphatic carbocycles. The van der Waals surface area contributed by atoms with Crippen molar-refractivity contribution in [2.45, 2.75) is 12.1 Å². The summed E-state index contributed by atoms with van der Waals surface area (Å²) in [4.78, 5) is 12.3. The van der Waals surface area contributed by atoms with Gasteiger partial charge in [-0.1, -0.05) is 29.4 Å². The fourth-order valence-electron chi connectivity index (χ4n) is 2.29. The third-order valence-corrected chi connectivity index (χ3v) is 4.91. The summed E-state index contributed by atoms with van der Waals surface area (Å²) in [6.45, 7) is 1.83. The summed E-state index contributed by atoms with van der Waals surface area (Å²) in [5, 5.41) is 15.0. The zero-order chi connectivity index (χ0) is 19.4. The first kappa shape index (κ1) is 19.1. The van der Waals surface area contributed by atoms with Crippen LogP contribution in [0.3, 0.4) is 0 Å². The Bertz CT molecular complexity index is 982. The van der Waals surface area contributed by atoms with Crippen molar-refractivity contribution in [2.75, 3.05) is 18.2 Å². The van der Waals surface area contributed by atoms with Crippen molar-refractivity contribution in [1.82, 2.24) is 20.2 Å². The largest absolute Gasteiger partial charge is 0.495 e. The summed E-state index contributed by atoms with van der Waals surface area (Å²) < 4.78 is 20.0. The van der Waals surface area contributed by atoms with Crippen LogP contribution in [0.2, 0.25) is 5.02 Å². The topological polar surface area (TPSA) is 81.9 Å². The number of aromatic nitrogens is 4. The minimum atomic E-state index is -0.401. The van der Waals surface area contributed by atoms with Crippen molar-refractivity contribution in [3.05, 3.63) is 52.8 Å². The molecule has 0 saturated carbocycles. The van der Waals surface area contributed by atoms with Crippen LogP contribution in [0.25, 0.3) is 5.69 Å². The number of halogens is 2. The fraction of sp³-hybridized carbons (Fsp3) is 0.176. The minimum absolute atomic E-state index is 0.0561. The van der Waals surface area contributed by atoms with Gasteiger partial charge in [0.15, 0.2) is 0 Å². The molecular formula is C17H15ClFN5O2S. The van der Waals surface area contributed by atoms with Crippen LogP contribution >= 0.6 is 23.4 Å². The van der Waals surface area contributed by atoms with E-state index in [9.17, 15) is 9.18 Å². The van der Waals surface area contributed by atoms with Gasteiger partial charge in [0.05, 0.1) is 24.2 Å². The third kappa shape index (κ3) is 4.55. The van der Waals surface area contributed by atoms with Gasteiger partial charge in [-0.15, -0.1) is 5.10 Å². The van der Waals surface area contributed by atoms with Gasteiger partial charge in [0.25, 0.3) is 0 Å². The van der Waals surface area contributed by atoms with Crippen LogP contribution in [0.5, 0.6) is 5.75 Å². The molecule has 10 heteroatoms. The Morgan fingerprint density at radius 2 is 2.19 bits per heavy atom. The van der Waals surface area contributed by atoms with Crippen molar-refractivity contribution < 1.29 is 13.9 Å². The molecule has 0 saturated heterocycles. The monoisotopic (exact) mass is 407 g/mol. The number of thioether (sulfide) groups is 1. The van der Waals surface area contributed by atoms with Crippen molar-refractivity contribution in [3.8, 4) is 11.4 Å². The molecule has 1 aromatic heterocycles. The number of rotatable bonds is 6. The van der Waals surface area contributed by atoms with E-state index in [4.69, 9.17) is 16.3 Å². The second-order valence-electron chi connectivity index (χ2n) is 5.49. The average molecular weight is 408 g/mol. The number of carbonyl (C=O) groups excluding carboxylic acids is 1. The van der Waals surface area contributed by atoms with Gasteiger partial charge in [0.2, 0.25) is 11.1 Å². The average Bonchev–Trinajstić information content (AvgIpc) is 3.11. The molecule has 1 amide bonds. The summed E-state index contributed by atoms with van der Waals surface area (Å²) in [6.07, 6.45) is 0. The van der Waals surface area contributed by atoms with Crippen LogP contribution in [-0.2, 0) is 4.79 Å². The summed E-state index contributed by atoms with van der Waals surface area (Å²) in [5.41, 5.74) is 1.81. The van der Waals surface area contributed by atoms with Gasteiger partial charge in [-0.05, 0) is 47.2 Å². The van der Waals surface area contributed by atoms with E-state index in [1.54, 1.807) is 24.3 Å². The Morgan fingerprint density at radius 3 is 2.93 bits per heavy atom. The van der Waals surface area contributed by atoms with Crippen LogP contribution in [0.4, 0.5) is 10.1 Å². The maximum absolute atomic E-state index is 13.4. The van der Waals surface area contributed by atoms with Gasteiger partial charge in [0.1, 0.15) is 11.6 Å². The molecular weight excluding hydrogens is 393 g/mol. The first-order valence-electron chi connectivity index (χ1n) is 7.79. The highest BCUT2D eigenvalue weighted by molar-refractivity contribution is 7.99. The maximum Gasteiger partial charge on any atom is 0.234 e. The quantitative estimate of drug-likeness (QED) is 0.630. The van der Waals surface area contributed by atoms with Crippen LogP contribution < -0.4 is 10.1 Å². The van der Waals surface area contributed by atoms with E-state index < -0.39 is 5.82 Å². The Kier molecular flexibility index (Phi) is 5.92. The molecule has 0 bridgehead atoms. The molecule has 0 spiro atoms. The van der Waals surface area contributed by atoms with E-state index in [0.717, 1.165) is 17.3 Å². The third-order valence-electron chi connectivity index (χ3n) is 3.58. The number of hydrogen-bond donors (Lipinski definition) is 1. The predicted octanol–water partition coefficient (Wildman–Crippen LogP) is 3.50. The lowest BCUT2D eigenvalue weighted by Crippen LogP contribution is -2.15. The number of hydrogen-bond acceptors (Lipinski definition) is 6. The molecule has 3 aromatic rings. The SMILES string of the molecule is COc1cc(Cl)c(C)cc1NC(=O)CSc1nnnn1-c1cccc(F)c1. The van der Waals surface area contributed by atoms with Crippen LogP contribution in [0, 0.1) is 12.7 Å². The maximum atomic E-state index is 13.4. The van der Waals surface area contributed by atoms with Crippen molar-refractivity contribution >= 4 is 35.0 Å². The Balaban J connectivity index is 1.69. The molecule has 27 heavy (non-hydrogen) atoms. The minimum Gasteiger partial charge on any atom is -0.495 e. The first-order chi connectivity index (χ1) is 13.0. The van der Waals surface area contributed by atoms with Gasteiger partial charge in [-0.3, -0.25) is 4.79 Å². The number of nitrogens with one attached hydrogen (secondary N) is 1. The number of carbonyl (C=O) groups is 1. The molecule has 0 atom stereocenters. The van der Waals surface area contributed by atoms with E-state index >= 15 is 0 Å². The lowest BCUT2D eigenvalue weighted by atomic mass is 10.2. The van der Waals surface area contributed by atoms with Crippen molar-refractivity contribution in [1.29, 1.82) is 0 Å². The summed E-state index contributed by atoms with van der Waals surface area (Å²) in [7, 11) is 1.50. The van der Waals surface area contributed by atoms with Crippen LogP contribution in [-0.4, -0.2) is 39.0 Å². The molecule has 0 unspecified atom stereocenters. The zero-order valence-electron chi connectivity index (χ0n) is 14.4. The van der Waals surface area contributed by atoms with Crippen LogP contribution in [0.1, 0.15) is 5.56 Å². The van der Waals surface area contributed by atoms with Crippen molar-refractivity contribution in [2.24, 2.45) is 0 Å². The Morgan fingerprint density at radius 1 is 1.37 bits per heavy atom. The van der Waals surface area contributed by atoms with E-state index in [0.29, 0.717) is 27.3 Å². The van der Waals surface area contributed by atoms with Gasteiger partial charge in [-0.25, -0.2) is 4.39 Å². The van der Waals surface area contributed by atoms with E-state index in [1.807, 2.05) is 6.92 Å². The van der Waals surface area contributed by atoms with Gasteiger partial charge in [-0.2, -0.15) is 4.68 Å². The van der Waals surface area contributed by atoms with Crippen LogP contribution in [0.15, 0.2) is 41.6 Å². The number of anilines is 1. The predicted molar refractivity (Wildman–Crippen MR) is 101 cm³/mol. The molecule has 1 N–H and O–H groups in total. The Labute approximate surface area is 163 Å². The zero-order valence-corrected chi connectivity index (χ0v) is 16.0. The van der Waals surface area contributed by atoms with E-state index in [1.165, 1.54) is 23.9 Å². The number of methoxy groups -OCH3 is 1. The van der Waals surface area contributed by atoms with E-state index in [-0.39, 0.29) is 11.7 Å². The molecule has 0 aliphatic rings.